The molecule has 1 unspecified atom stereocenters. The molecule has 2 N–H and O–H groups in total. The van der Waals surface area contributed by atoms with Crippen LogP contribution in [-0.4, -0.2) is 27.2 Å². The molecule has 0 aliphatic carbocycles. The first-order valence-corrected chi connectivity index (χ1v) is 7.92. The van der Waals surface area contributed by atoms with E-state index in [9.17, 15) is 13.2 Å². The standard InChI is InChI=1S/C13H19NO4S/c1-10(13(14)15)4-3-9-18-11-5-7-12(8-6-11)19(2,16)17/h5-8,10H,3-4,9H2,1-2H3,(H2,14,15). The number of hydrogen-bond acceptors (Lipinski definition) is 4. The smallest absolute Gasteiger partial charge is 0.220 e. The van der Waals surface area contributed by atoms with Crippen LogP contribution < -0.4 is 10.5 Å². The van der Waals surface area contributed by atoms with E-state index in [0.717, 1.165) is 12.7 Å². The lowest BCUT2D eigenvalue weighted by Crippen LogP contribution is -2.20. The first-order valence-electron chi connectivity index (χ1n) is 6.03. The van der Waals surface area contributed by atoms with Gasteiger partial charge in [0, 0.05) is 12.2 Å². The van der Waals surface area contributed by atoms with Gasteiger partial charge in [-0.05, 0) is 37.1 Å². The highest BCUT2D eigenvalue weighted by Gasteiger charge is 2.08. The first kappa shape index (κ1) is 15.5. The summed E-state index contributed by atoms with van der Waals surface area (Å²) in [4.78, 5) is 11.1. The Labute approximate surface area is 113 Å². The molecule has 1 amide bonds. The van der Waals surface area contributed by atoms with Gasteiger partial charge >= 0.3 is 0 Å². The number of ether oxygens (including phenoxy) is 1. The van der Waals surface area contributed by atoms with Gasteiger partial charge in [0.15, 0.2) is 9.84 Å². The van der Waals surface area contributed by atoms with Crippen molar-refractivity contribution < 1.29 is 17.9 Å². The van der Waals surface area contributed by atoms with Gasteiger partial charge in [-0.3, -0.25) is 4.79 Å². The number of carbonyl (C=O) groups is 1. The maximum Gasteiger partial charge on any atom is 0.220 e. The predicted octanol–water partition coefficient (Wildman–Crippen LogP) is 1.37. The van der Waals surface area contributed by atoms with Crippen molar-refractivity contribution in [3.05, 3.63) is 24.3 Å². The van der Waals surface area contributed by atoms with Gasteiger partial charge in [-0.25, -0.2) is 8.42 Å². The Morgan fingerprint density at radius 1 is 1.32 bits per heavy atom. The van der Waals surface area contributed by atoms with Gasteiger partial charge in [0.1, 0.15) is 5.75 Å². The van der Waals surface area contributed by atoms with E-state index in [2.05, 4.69) is 0 Å². The third-order valence-corrected chi connectivity index (χ3v) is 3.92. The molecule has 5 nitrogen and oxygen atoms in total. The molecule has 0 saturated heterocycles. The van der Waals surface area contributed by atoms with Crippen LogP contribution in [0.15, 0.2) is 29.2 Å². The molecule has 0 saturated carbocycles. The summed E-state index contributed by atoms with van der Waals surface area (Å²) in [6.07, 6.45) is 2.56. The van der Waals surface area contributed by atoms with Gasteiger partial charge in [-0.15, -0.1) is 0 Å². The molecule has 1 rings (SSSR count). The normalized spacial score (nSPS) is 12.9. The minimum absolute atomic E-state index is 0.156. The summed E-state index contributed by atoms with van der Waals surface area (Å²) < 4.78 is 28.0. The van der Waals surface area contributed by atoms with Gasteiger partial charge in [-0.2, -0.15) is 0 Å². The fraction of sp³-hybridized carbons (Fsp3) is 0.462. The largest absolute Gasteiger partial charge is 0.494 e. The first-order chi connectivity index (χ1) is 8.80. The number of amides is 1. The predicted molar refractivity (Wildman–Crippen MR) is 72.6 cm³/mol. The Bertz CT molecular complexity index is 522. The van der Waals surface area contributed by atoms with E-state index in [-0.39, 0.29) is 16.7 Å². The van der Waals surface area contributed by atoms with Crippen LogP contribution in [0, 0.1) is 5.92 Å². The molecule has 1 aromatic carbocycles. The van der Waals surface area contributed by atoms with E-state index in [1.54, 1.807) is 19.1 Å². The van der Waals surface area contributed by atoms with Crippen LogP contribution in [0.2, 0.25) is 0 Å². The topological polar surface area (TPSA) is 86.5 Å². The molecule has 106 valence electrons. The second kappa shape index (κ2) is 6.56. The van der Waals surface area contributed by atoms with Crippen molar-refractivity contribution in [3.8, 4) is 5.75 Å². The molecule has 0 aliphatic heterocycles. The molecule has 1 aromatic rings. The van der Waals surface area contributed by atoms with Crippen molar-refractivity contribution in [2.24, 2.45) is 11.7 Å². The number of primary amides is 1. The van der Waals surface area contributed by atoms with Crippen molar-refractivity contribution >= 4 is 15.7 Å². The molecule has 0 spiro atoms. The molecule has 19 heavy (non-hydrogen) atoms. The molecule has 0 aliphatic rings. The van der Waals surface area contributed by atoms with Crippen molar-refractivity contribution in [1.82, 2.24) is 0 Å². The molecule has 0 heterocycles. The number of hydrogen-bond donors (Lipinski definition) is 1. The van der Waals surface area contributed by atoms with Gasteiger partial charge in [0.05, 0.1) is 11.5 Å². The average Bonchev–Trinajstić information content (AvgIpc) is 2.33. The lowest BCUT2D eigenvalue weighted by Gasteiger charge is -2.09. The molecular weight excluding hydrogens is 266 g/mol. The zero-order valence-electron chi connectivity index (χ0n) is 11.1. The summed E-state index contributed by atoms with van der Waals surface area (Å²) in [5.74, 6) is 0.146. The average molecular weight is 285 g/mol. The maximum absolute atomic E-state index is 11.3. The Morgan fingerprint density at radius 2 is 1.89 bits per heavy atom. The minimum atomic E-state index is -3.17. The molecule has 6 heteroatoms. The number of benzene rings is 1. The Hall–Kier alpha value is -1.56. The Morgan fingerprint density at radius 3 is 2.37 bits per heavy atom. The van der Waals surface area contributed by atoms with Crippen LogP contribution >= 0.6 is 0 Å². The molecule has 0 radical (unpaired) electrons. The summed E-state index contributed by atoms with van der Waals surface area (Å²) >= 11 is 0. The highest BCUT2D eigenvalue weighted by molar-refractivity contribution is 7.90. The highest BCUT2D eigenvalue weighted by Crippen LogP contribution is 2.16. The summed E-state index contributed by atoms with van der Waals surface area (Å²) in [5, 5.41) is 0. The number of rotatable bonds is 7. The fourth-order valence-electron chi connectivity index (χ4n) is 1.50. The summed E-state index contributed by atoms with van der Waals surface area (Å²) in [7, 11) is -3.17. The Kier molecular flexibility index (Phi) is 5.35. The quantitative estimate of drug-likeness (QED) is 0.767. The van der Waals surface area contributed by atoms with Crippen LogP contribution in [0.25, 0.3) is 0 Å². The molecule has 0 fully saturated rings. The van der Waals surface area contributed by atoms with Gasteiger partial charge in [-0.1, -0.05) is 6.92 Å². The van der Waals surface area contributed by atoms with E-state index >= 15 is 0 Å². The SMILES string of the molecule is CC(CCCOc1ccc(S(C)(=O)=O)cc1)C(N)=O. The van der Waals surface area contributed by atoms with Crippen LogP contribution in [0.4, 0.5) is 0 Å². The number of carbonyl (C=O) groups excluding carboxylic acids is 1. The summed E-state index contributed by atoms with van der Waals surface area (Å²) in [6, 6.07) is 6.26. The van der Waals surface area contributed by atoms with Crippen LogP contribution in [0.1, 0.15) is 19.8 Å². The number of nitrogens with two attached hydrogens (primary N) is 1. The van der Waals surface area contributed by atoms with Crippen molar-refractivity contribution in [2.75, 3.05) is 12.9 Å². The maximum atomic E-state index is 11.3. The van der Waals surface area contributed by atoms with Crippen LogP contribution in [0.5, 0.6) is 5.75 Å². The molecule has 0 bridgehead atoms. The summed E-state index contributed by atoms with van der Waals surface area (Å²) in [6.45, 7) is 2.25. The third-order valence-electron chi connectivity index (χ3n) is 2.79. The van der Waals surface area contributed by atoms with E-state index < -0.39 is 9.84 Å². The lowest BCUT2D eigenvalue weighted by atomic mass is 10.1. The molecular formula is C13H19NO4S. The number of sulfone groups is 1. The second-order valence-corrected chi connectivity index (χ2v) is 6.55. The Balaban J connectivity index is 2.41. The fourth-order valence-corrected chi connectivity index (χ4v) is 2.14. The zero-order chi connectivity index (χ0) is 14.5. The minimum Gasteiger partial charge on any atom is -0.494 e. The van der Waals surface area contributed by atoms with E-state index in [1.807, 2.05) is 0 Å². The van der Waals surface area contributed by atoms with Crippen LogP contribution in [0.3, 0.4) is 0 Å². The van der Waals surface area contributed by atoms with Crippen molar-refractivity contribution in [1.29, 1.82) is 0 Å². The van der Waals surface area contributed by atoms with Crippen molar-refractivity contribution in [2.45, 2.75) is 24.7 Å². The van der Waals surface area contributed by atoms with E-state index in [0.29, 0.717) is 18.8 Å². The second-order valence-electron chi connectivity index (χ2n) is 4.54. The highest BCUT2D eigenvalue weighted by atomic mass is 32.2. The monoisotopic (exact) mass is 285 g/mol. The zero-order valence-corrected chi connectivity index (χ0v) is 11.9. The van der Waals surface area contributed by atoms with E-state index in [4.69, 9.17) is 10.5 Å². The van der Waals surface area contributed by atoms with Gasteiger partial charge < -0.3 is 10.5 Å². The van der Waals surface area contributed by atoms with Gasteiger partial charge in [0.25, 0.3) is 0 Å². The van der Waals surface area contributed by atoms with Crippen LogP contribution in [-0.2, 0) is 14.6 Å². The van der Waals surface area contributed by atoms with E-state index in [1.165, 1.54) is 12.1 Å². The van der Waals surface area contributed by atoms with Gasteiger partial charge in [0.2, 0.25) is 5.91 Å². The molecule has 0 aromatic heterocycles. The molecule has 1 atom stereocenters. The summed E-state index contributed by atoms with van der Waals surface area (Å²) in [5.41, 5.74) is 5.15. The third kappa shape index (κ3) is 5.30. The van der Waals surface area contributed by atoms with Crippen molar-refractivity contribution in [3.63, 3.8) is 0 Å². The lowest BCUT2D eigenvalue weighted by molar-refractivity contribution is -0.121.